The van der Waals surface area contributed by atoms with Crippen LogP contribution in [-0.2, 0) is 27.3 Å². The number of carbonyl (C=O) groups is 1. The van der Waals surface area contributed by atoms with Gasteiger partial charge in [-0.1, -0.05) is 68.0 Å². The Morgan fingerprint density at radius 2 is 1.72 bits per heavy atom. The van der Waals surface area contributed by atoms with Crippen molar-refractivity contribution in [2.75, 3.05) is 14.2 Å². The third-order valence-electron chi connectivity index (χ3n) is 5.74. The molecule has 0 radical (unpaired) electrons. The lowest BCUT2D eigenvalue weighted by molar-refractivity contribution is -0.157. The average molecular weight is 395 g/mol. The number of hydrogen-bond donors (Lipinski definition) is 0. The molecule has 0 bridgehead atoms. The zero-order valence-corrected chi connectivity index (χ0v) is 17.7. The normalized spacial score (nSPS) is 19.6. The minimum absolute atomic E-state index is 0.0453. The SMILES string of the molecule is COC(=O)C(OCc1ccc(OC)cc1)[C@@H]1/C(=C\CCc2ccccc2)C1(C)C. The molecule has 0 aliphatic heterocycles. The molecule has 3 rings (SSSR count). The molecule has 0 aromatic heterocycles. The van der Waals surface area contributed by atoms with E-state index in [0.717, 1.165) is 24.2 Å². The van der Waals surface area contributed by atoms with E-state index in [0.29, 0.717) is 6.61 Å². The van der Waals surface area contributed by atoms with Crippen molar-refractivity contribution in [2.45, 2.75) is 39.4 Å². The molecule has 1 aliphatic carbocycles. The fourth-order valence-corrected chi connectivity index (χ4v) is 3.91. The van der Waals surface area contributed by atoms with Gasteiger partial charge in [0.05, 0.1) is 20.8 Å². The lowest BCUT2D eigenvalue weighted by Gasteiger charge is -2.17. The molecule has 0 heterocycles. The van der Waals surface area contributed by atoms with E-state index in [1.54, 1.807) is 7.11 Å². The van der Waals surface area contributed by atoms with Crippen molar-refractivity contribution in [3.63, 3.8) is 0 Å². The maximum absolute atomic E-state index is 12.4. The summed E-state index contributed by atoms with van der Waals surface area (Å²) in [7, 11) is 3.06. The first-order valence-corrected chi connectivity index (χ1v) is 10.0. The summed E-state index contributed by atoms with van der Waals surface area (Å²) >= 11 is 0. The van der Waals surface area contributed by atoms with E-state index in [1.165, 1.54) is 18.2 Å². The highest BCUT2D eigenvalue weighted by Gasteiger charge is 2.58. The highest BCUT2D eigenvalue weighted by molar-refractivity contribution is 5.77. The number of ether oxygens (including phenoxy) is 3. The second kappa shape index (κ2) is 9.27. The lowest BCUT2D eigenvalue weighted by atomic mass is 10.1. The maximum Gasteiger partial charge on any atom is 0.335 e. The molecule has 2 aromatic rings. The van der Waals surface area contributed by atoms with Crippen molar-refractivity contribution in [2.24, 2.45) is 11.3 Å². The zero-order valence-electron chi connectivity index (χ0n) is 17.7. The second-order valence-electron chi connectivity index (χ2n) is 7.99. The van der Waals surface area contributed by atoms with Crippen molar-refractivity contribution in [3.8, 4) is 5.75 Å². The van der Waals surface area contributed by atoms with E-state index in [9.17, 15) is 4.79 Å². The van der Waals surface area contributed by atoms with Gasteiger partial charge in [-0.2, -0.15) is 0 Å². The molecule has 4 heteroatoms. The molecule has 2 atom stereocenters. The molecule has 1 aliphatic rings. The van der Waals surface area contributed by atoms with Crippen molar-refractivity contribution in [1.82, 2.24) is 0 Å². The second-order valence-corrected chi connectivity index (χ2v) is 7.99. The number of methoxy groups -OCH3 is 2. The largest absolute Gasteiger partial charge is 0.497 e. The van der Waals surface area contributed by atoms with E-state index in [-0.39, 0.29) is 17.3 Å². The number of hydrogen-bond acceptors (Lipinski definition) is 4. The Balaban J connectivity index is 1.65. The van der Waals surface area contributed by atoms with Gasteiger partial charge < -0.3 is 14.2 Å². The summed E-state index contributed by atoms with van der Waals surface area (Å²) < 4.78 is 16.3. The van der Waals surface area contributed by atoms with Crippen molar-refractivity contribution < 1.29 is 19.0 Å². The first kappa shape index (κ1) is 21.1. The molecule has 4 nitrogen and oxygen atoms in total. The van der Waals surface area contributed by atoms with Crippen LogP contribution in [0.4, 0.5) is 0 Å². The van der Waals surface area contributed by atoms with Crippen molar-refractivity contribution in [3.05, 3.63) is 77.4 Å². The van der Waals surface area contributed by atoms with Crippen molar-refractivity contribution >= 4 is 5.97 Å². The van der Waals surface area contributed by atoms with E-state index >= 15 is 0 Å². The minimum Gasteiger partial charge on any atom is -0.497 e. The highest BCUT2D eigenvalue weighted by Crippen LogP contribution is 2.60. The molecular formula is C25H30O4. The van der Waals surface area contributed by atoms with Crippen LogP contribution in [0, 0.1) is 11.3 Å². The highest BCUT2D eigenvalue weighted by atomic mass is 16.6. The molecule has 0 N–H and O–H groups in total. The van der Waals surface area contributed by atoms with Crippen LogP contribution < -0.4 is 4.74 Å². The van der Waals surface area contributed by atoms with Crippen LogP contribution in [0.2, 0.25) is 0 Å². The van der Waals surface area contributed by atoms with Gasteiger partial charge in [0.2, 0.25) is 0 Å². The third-order valence-corrected chi connectivity index (χ3v) is 5.74. The molecular weight excluding hydrogens is 364 g/mol. The summed E-state index contributed by atoms with van der Waals surface area (Å²) in [5, 5.41) is 0. The number of aryl methyl sites for hydroxylation is 1. The average Bonchev–Trinajstić information content (AvgIpc) is 3.29. The number of allylic oxidation sites excluding steroid dienone is 1. The van der Waals surface area contributed by atoms with Crippen LogP contribution in [0.25, 0.3) is 0 Å². The van der Waals surface area contributed by atoms with E-state index in [4.69, 9.17) is 14.2 Å². The maximum atomic E-state index is 12.4. The summed E-state index contributed by atoms with van der Waals surface area (Å²) in [5.74, 6) is 0.525. The van der Waals surface area contributed by atoms with Gasteiger partial charge in [-0.3, -0.25) is 0 Å². The van der Waals surface area contributed by atoms with Crippen LogP contribution in [0.1, 0.15) is 31.4 Å². The van der Waals surface area contributed by atoms with E-state index < -0.39 is 6.10 Å². The van der Waals surface area contributed by atoms with E-state index in [2.05, 4.69) is 44.2 Å². The van der Waals surface area contributed by atoms with Gasteiger partial charge >= 0.3 is 5.97 Å². The van der Waals surface area contributed by atoms with Gasteiger partial charge in [0.25, 0.3) is 0 Å². The summed E-state index contributed by atoms with van der Waals surface area (Å²) in [4.78, 5) is 12.4. The van der Waals surface area contributed by atoms with Crippen LogP contribution in [0.3, 0.4) is 0 Å². The Bertz CT molecular complexity index is 837. The monoisotopic (exact) mass is 394 g/mol. The topological polar surface area (TPSA) is 44.8 Å². The smallest absolute Gasteiger partial charge is 0.335 e. The predicted octanol–water partition coefficient (Wildman–Crippen LogP) is 4.97. The molecule has 1 saturated carbocycles. The standard InChI is InChI=1S/C25H30O4/c1-25(2)21(12-8-11-18-9-6-5-7-10-18)22(25)23(24(26)28-4)29-17-19-13-15-20(27-3)16-14-19/h5-7,9-10,12-16,22-23H,8,11,17H2,1-4H3/b21-12+/t22-,23?/m0/s1. The molecule has 1 fully saturated rings. The molecule has 1 unspecified atom stereocenters. The summed E-state index contributed by atoms with van der Waals surface area (Å²) in [6.07, 6.45) is 3.61. The van der Waals surface area contributed by atoms with Gasteiger partial charge in [0.1, 0.15) is 5.75 Å². The first-order valence-electron chi connectivity index (χ1n) is 10.0. The van der Waals surface area contributed by atoms with Crippen LogP contribution >= 0.6 is 0 Å². The lowest BCUT2D eigenvalue weighted by Crippen LogP contribution is -2.29. The Labute approximate surface area is 173 Å². The van der Waals surface area contributed by atoms with Gasteiger partial charge in [-0.15, -0.1) is 0 Å². The summed E-state index contributed by atoms with van der Waals surface area (Å²) in [5.41, 5.74) is 3.53. The number of esters is 1. The first-order chi connectivity index (χ1) is 14.0. The van der Waals surface area contributed by atoms with Crippen LogP contribution in [0.15, 0.2) is 66.2 Å². The van der Waals surface area contributed by atoms with E-state index in [1.807, 2.05) is 30.3 Å². The molecule has 0 amide bonds. The zero-order chi connectivity index (χ0) is 20.9. The molecule has 154 valence electrons. The fourth-order valence-electron chi connectivity index (χ4n) is 3.91. The summed E-state index contributed by atoms with van der Waals surface area (Å²) in [6.45, 7) is 4.69. The number of carbonyl (C=O) groups excluding carboxylic acids is 1. The Hall–Kier alpha value is -2.59. The van der Waals surface area contributed by atoms with Crippen LogP contribution in [-0.4, -0.2) is 26.3 Å². The Morgan fingerprint density at radius 3 is 2.34 bits per heavy atom. The van der Waals surface area contributed by atoms with Crippen molar-refractivity contribution in [1.29, 1.82) is 0 Å². The molecule has 0 saturated heterocycles. The molecule has 0 spiro atoms. The molecule has 29 heavy (non-hydrogen) atoms. The quantitative estimate of drug-likeness (QED) is 0.445. The third kappa shape index (κ3) is 5.07. The predicted molar refractivity (Wildman–Crippen MR) is 114 cm³/mol. The van der Waals surface area contributed by atoms with Gasteiger partial charge in [0, 0.05) is 5.92 Å². The number of rotatable bonds is 9. The number of benzene rings is 2. The fraction of sp³-hybridized carbons (Fsp3) is 0.400. The van der Waals surface area contributed by atoms with Gasteiger partial charge in [-0.05, 0) is 41.5 Å². The Morgan fingerprint density at radius 1 is 1.03 bits per heavy atom. The van der Waals surface area contributed by atoms with Gasteiger partial charge in [0.15, 0.2) is 6.10 Å². The van der Waals surface area contributed by atoms with Gasteiger partial charge in [-0.25, -0.2) is 4.79 Å². The van der Waals surface area contributed by atoms with Crippen LogP contribution in [0.5, 0.6) is 5.75 Å². The summed E-state index contributed by atoms with van der Waals surface area (Å²) in [6, 6.07) is 18.1. The minimum atomic E-state index is -0.597. The Kier molecular flexibility index (Phi) is 6.75. The molecule has 2 aromatic carbocycles.